The summed E-state index contributed by atoms with van der Waals surface area (Å²) in [6.07, 6.45) is 8.46. The van der Waals surface area contributed by atoms with Gasteiger partial charge in [-0.15, -0.1) is 0 Å². The molecule has 4 aliphatic rings. The highest BCUT2D eigenvalue weighted by Gasteiger charge is 2.53. The Morgan fingerprint density at radius 1 is 1.05 bits per heavy atom. The number of amides is 1. The van der Waals surface area contributed by atoms with Crippen LogP contribution in [0.3, 0.4) is 0 Å². The van der Waals surface area contributed by atoms with E-state index in [1.807, 2.05) is 0 Å². The van der Waals surface area contributed by atoms with Crippen LogP contribution in [0.5, 0.6) is 0 Å². The Bertz CT molecular complexity index is 357. The Hall–Kier alpha value is -0.0500. The van der Waals surface area contributed by atoms with Gasteiger partial charge >= 0.3 is 0 Å². The van der Waals surface area contributed by atoms with E-state index in [4.69, 9.17) is 0 Å². The van der Waals surface area contributed by atoms with Gasteiger partial charge in [0.05, 0.1) is 4.83 Å². The fourth-order valence-electron chi connectivity index (χ4n) is 5.46. The summed E-state index contributed by atoms with van der Waals surface area (Å²) < 4.78 is 0. The topological polar surface area (TPSA) is 29.1 Å². The molecule has 114 valence electrons. The Balaban J connectivity index is 1.68. The van der Waals surface area contributed by atoms with Gasteiger partial charge in [0, 0.05) is 6.04 Å². The van der Waals surface area contributed by atoms with Gasteiger partial charge in [-0.25, -0.2) is 0 Å². The summed E-state index contributed by atoms with van der Waals surface area (Å²) >= 11 is 3.53. The molecule has 0 aliphatic heterocycles. The summed E-state index contributed by atoms with van der Waals surface area (Å²) in [5.74, 6) is 3.38. The van der Waals surface area contributed by atoms with Gasteiger partial charge in [-0.3, -0.25) is 4.79 Å². The van der Waals surface area contributed by atoms with Crippen molar-refractivity contribution in [2.24, 2.45) is 29.1 Å². The van der Waals surface area contributed by atoms with Crippen LogP contribution in [0, 0.1) is 29.1 Å². The highest BCUT2D eigenvalue weighted by atomic mass is 79.9. The van der Waals surface area contributed by atoms with Crippen molar-refractivity contribution in [1.82, 2.24) is 5.32 Å². The van der Waals surface area contributed by atoms with Crippen LogP contribution in [-0.2, 0) is 4.79 Å². The van der Waals surface area contributed by atoms with Crippen molar-refractivity contribution in [3.63, 3.8) is 0 Å². The molecule has 0 spiro atoms. The zero-order valence-electron chi connectivity index (χ0n) is 13.0. The molecule has 3 heteroatoms. The monoisotopic (exact) mass is 341 g/mol. The number of hydrogen-bond acceptors (Lipinski definition) is 1. The minimum absolute atomic E-state index is 0.0566. The van der Waals surface area contributed by atoms with Gasteiger partial charge in [0.1, 0.15) is 0 Å². The maximum Gasteiger partial charge on any atom is 0.234 e. The second-order valence-electron chi connectivity index (χ2n) is 8.16. The summed E-state index contributed by atoms with van der Waals surface area (Å²) in [4.78, 5) is 12.3. The van der Waals surface area contributed by atoms with Crippen molar-refractivity contribution in [3.05, 3.63) is 0 Å². The van der Waals surface area contributed by atoms with E-state index in [9.17, 15) is 4.79 Å². The van der Waals surface area contributed by atoms with E-state index in [2.05, 4.69) is 42.0 Å². The Morgan fingerprint density at radius 2 is 1.50 bits per heavy atom. The van der Waals surface area contributed by atoms with E-state index >= 15 is 0 Å². The van der Waals surface area contributed by atoms with Gasteiger partial charge < -0.3 is 5.32 Å². The van der Waals surface area contributed by atoms with Crippen LogP contribution in [0.1, 0.15) is 59.3 Å². The van der Waals surface area contributed by atoms with Crippen LogP contribution in [0.4, 0.5) is 0 Å². The van der Waals surface area contributed by atoms with Crippen molar-refractivity contribution in [3.8, 4) is 0 Å². The SMILES string of the molecule is CC(C)C(Br)C(=O)NC(C)C12CC3CC(CC(C3)C1)C2. The van der Waals surface area contributed by atoms with E-state index in [0.29, 0.717) is 17.4 Å². The third-order valence-corrected chi connectivity index (χ3v) is 7.67. The van der Waals surface area contributed by atoms with E-state index in [1.165, 1.54) is 38.5 Å². The molecule has 1 amide bonds. The minimum Gasteiger partial charge on any atom is -0.352 e. The van der Waals surface area contributed by atoms with E-state index in [0.717, 1.165) is 17.8 Å². The smallest absolute Gasteiger partial charge is 0.234 e. The maximum absolute atomic E-state index is 12.3. The molecule has 0 aromatic rings. The lowest BCUT2D eigenvalue weighted by molar-refractivity contribution is -0.125. The van der Waals surface area contributed by atoms with Crippen LogP contribution in [-0.4, -0.2) is 16.8 Å². The highest BCUT2D eigenvalue weighted by Crippen LogP contribution is 2.61. The molecule has 4 saturated carbocycles. The molecule has 1 N–H and O–H groups in total. The van der Waals surface area contributed by atoms with Crippen LogP contribution in [0.2, 0.25) is 0 Å². The average Bonchev–Trinajstić information content (AvgIpc) is 2.35. The number of carbonyl (C=O) groups is 1. The molecule has 0 aromatic heterocycles. The third kappa shape index (κ3) is 2.55. The van der Waals surface area contributed by atoms with Crippen molar-refractivity contribution < 1.29 is 4.79 Å². The molecule has 4 bridgehead atoms. The first-order valence-electron chi connectivity index (χ1n) is 8.34. The van der Waals surface area contributed by atoms with Crippen molar-refractivity contribution in [1.29, 1.82) is 0 Å². The lowest BCUT2D eigenvalue weighted by Crippen LogP contribution is -2.56. The largest absolute Gasteiger partial charge is 0.352 e. The van der Waals surface area contributed by atoms with Gasteiger partial charge in [0.25, 0.3) is 0 Å². The van der Waals surface area contributed by atoms with Gasteiger partial charge in [-0.1, -0.05) is 29.8 Å². The first-order chi connectivity index (χ1) is 9.39. The van der Waals surface area contributed by atoms with Crippen LogP contribution >= 0.6 is 15.9 Å². The third-order valence-electron chi connectivity index (χ3n) is 6.20. The van der Waals surface area contributed by atoms with Gasteiger partial charge in [0.2, 0.25) is 5.91 Å². The quantitative estimate of drug-likeness (QED) is 0.765. The lowest BCUT2D eigenvalue weighted by atomic mass is 9.48. The van der Waals surface area contributed by atoms with Crippen molar-refractivity contribution in [2.45, 2.75) is 70.2 Å². The zero-order valence-corrected chi connectivity index (χ0v) is 14.6. The summed E-state index contributed by atoms with van der Waals surface area (Å²) in [7, 11) is 0. The summed E-state index contributed by atoms with van der Waals surface area (Å²) in [6.45, 7) is 6.44. The molecule has 0 saturated heterocycles. The Kier molecular flexibility index (Phi) is 3.94. The average molecular weight is 342 g/mol. The zero-order chi connectivity index (χ0) is 14.5. The molecule has 2 unspecified atom stereocenters. The molecule has 4 rings (SSSR count). The summed E-state index contributed by atoms with van der Waals surface area (Å²) in [5, 5.41) is 3.33. The molecule has 4 fully saturated rings. The van der Waals surface area contributed by atoms with Crippen molar-refractivity contribution in [2.75, 3.05) is 0 Å². The van der Waals surface area contributed by atoms with Crippen LogP contribution < -0.4 is 5.32 Å². The van der Waals surface area contributed by atoms with Gasteiger partial charge in [-0.2, -0.15) is 0 Å². The summed E-state index contributed by atoms with van der Waals surface area (Å²) in [6, 6.07) is 0.335. The number of hydrogen-bond donors (Lipinski definition) is 1. The van der Waals surface area contributed by atoms with Gasteiger partial charge in [-0.05, 0) is 74.5 Å². The fourth-order valence-corrected chi connectivity index (χ4v) is 5.59. The molecular weight excluding hydrogens is 314 g/mol. The normalized spacial score (nSPS) is 41.8. The molecule has 20 heavy (non-hydrogen) atoms. The molecule has 4 aliphatic carbocycles. The predicted molar refractivity (Wildman–Crippen MR) is 85.8 cm³/mol. The second kappa shape index (κ2) is 5.30. The molecule has 2 nitrogen and oxygen atoms in total. The molecule has 0 aromatic carbocycles. The van der Waals surface area contributed by atoms with E-state index < -0.39 is 0 Å². The second-order valence-corrected chi connectivity index (χ2v) is 9.14. The van der Waals surface area contributed by atoms with E-state index in [1.54, 1.807) is 0 Å². The van der Waals surface area contributed by atoms with Crippen molar-refractivity contribution >= 4 is 21.8 Å². The van der Waals surface area contributed by atoms with E-state index in [-0.39, 0.29) is 10.7 Å². The Labute approximate surface area is 131 Å². The van der Waals surface area contributed by atoms with Crippen LogP contribution in [0.15, 0.2) is 0 Å². The highest BCUT2D eigenvalue weighted by molar-refractivity contribution is 9.10. The standard InChI is InChI=1S/C17H28BrNO/c1-10(2)15(18)16(20)19-11(3)17-7-12-4-13(8-17)6-14(5-12)9-17/h10-15H,4-9H2,1-3H3,(H,19,20). The van der Waals surface area contributed by atoms with Gasteiger partial charge in [0.15, 0.2) is 0 Å². The number of rotatable bonds is 4. The first-order valence-corrected chi connectivity index (χ1v) is 9.25. The maximum atomic E-state index is 12.3. The molecule has 2 atom stereocenters. The molecule has 0 heterocycles. The number of nitrogens with one attached hydrogen (secondary N) is 1. The first kappa shape index (κ1) is 14.9. The number of alkyl halides is 1. The fraction of sp³-hybridized carbons (Fsp3) is 0.941. The Morgan fingerprint density at radius 3 is 1.90 bits per heavy atom. The summed E-state index contributed by atoms with van der Waals surface area (Å²) in [5.41, 5.74) is 0.411. The number of halogens is 1. The lowest BCUT2D eigenvalue weighted by Gasteiger charge is -2.59. The minimum atomic E-state index is -0.0566. The number of carbonyl (C=O) groups excluding carboxylic acids is 1. The predicted octanol–water partition coefficient (Wildman–Crippen LogP) is 4.13. The molecule has 0 radical (unpaired) electrons. The van der Waals surface area contributed by atoms with Crippen LogP contribution in [0.25, 0.3) is 0 Å². The molecular formula is C17H28BrNO.